The number of para-hydroxylation sites is 1. The Hall–Kier alpha value is -2.88. The van der Waals surface area contributed by atoms with E-state index in [0.29, 0.717) is 19.8 Å². The van der Waals surface area contributed by atoms with E-state index in [-0.39, 0.29) is 0 Å². The zero-order chi connectivity index (χ0) is 23.6. The number of halogens is 1. The molecule has 0 saturated heterocycles. The summed E-state index contributed by atoms with van der Waals surface area (Å²) in [7, 11) is 0. The van der Waals surface area contributed by atoms with Crippen LogP contribution >= 0.6 is 27.7 Å². The number of nitrogens with zero attached hydrogens (tertiary/aromatic N) is 4. The van der Waals surface area contributed by atoms with Gasteiger partial charge in [-0.25, -0.2) is 0 Å². The van der Waals surface area contributed by atoms with Crippen molar-refractivity contribution in [1.82, 2.24) is 25.5 Å². The highest BCUT2D eigenvalue weighted by molar-refractivity contribution is 9.10. The molecule has 0 bridgehead atoms. The molecule has 176 valence electrons. The fourth-order valence-electron chi connectivity index (χ4n) is 3.27. The molecule has 34 heavy (non-hydrogen) atoms. The Morgan fingerprint density at radius 1 is 0.971 bits per heavy atom. The van der Waals surface area contributed by atoms with Crippen molar-refractivity contribution in [1.29, 1.82) is 0 Å². The Morgan fingerprint density at radius 3 is 2.47 bits per heavy atom. The summed E-state index contributed by atoms with van der Waals surface area (Å²) in [5.74, 6) is 2.31. The fourth-order valence-corrected chi connectivity index (χ4v) is 4.52. The van der Waals surface area contributed by atoms with Crippen molar-refractivity contribution in [3.05, 3.63) is 88.4 Å². The van der Waals surface area contributed by atoms with Crippen molar-refractivity contribution in [2.24, 2.45) is 0 Å². The number of aromatic nitrogens is 4. The number of hydrogen-bond donors (Lipinski definition) is 1. The van der Waals surface area contributed by atoms with E-state index in [2.05, 4.69) is 36.8 Å². The van der Waals surface area contributed by atoms with E-state index in [1.807, 2.05) is 79.7 Å². The van der Waals surface area contributed by atoms with Gasteiger partial charge in [-0.15, -0.1) is 5.10 Å². The van der Waals surface area contributed by atoms with Gasteiger partial charge in [0, 0.05) is 23.3 Å². The lowest BCUT2D eigenvalue weighted by Crippen LogP contribution is -2.17. The Balaban J connectivity index is 1.31. The van der Waals surface area contributed by atoms with Crippen LogP contribution in [0.3, 0.4) is 0 Å². The average molecular weight is 540 g/mol. The second kappa shape index (κ2) is 12.5. The van der Waals surface area contributed by atoms with Crippen molar-refractivity contribution in [3.63, 3.8) is 0 Å². The molecule has 0 saturated carbocycles. The predicted octanol–water partition coefficient (Wildman–Crippen LogP) is 5.28. The molecule has 0 aliphatic carbocycles. The first-order valence-corrected chi connectivity index (χ1v) is 12.8. The van der Waals surface area contributed by atoms with Gasteiger partial charge in [0.05, 0.1) is 12.3 Å². The van der Waals surface area contributed by atoms with Gasteiger partial charge in [-0.05, 0) is 52.7 Å². The van der Waals surface area contributed by atoms with E-state index in [4.69, 9.17) is 9.47 Å². The molecule has 0 atom stereocenters. The lowest BCUT2D eigenvalue weighted by atomic mass is 10.2. The molecule has 1 aromatic heterocycles. The summed E-state index contributed by atoms with van der Waals surface area (Å²) in [4.78, 5) is 0. The number of thioether (sulfide) groups is 1. The molecule has 0 amide bonds. The van der Waals surface area contributed by atoms with Crippen molar-refractivity contribution in [2.45, 2.75) is 25.2 Å². The van der Waals surface area contributed by atoms with E-state index in [9.17, 15) is 0 Å². The minimum Gasteiger partial charge on any atom is -0.490 e. The van der Waals surface area contributed by atoms with Gasteiger partial charge >= 0.3 is 0 Å². The maximum atomic E-state index is 6.04. The highest BCUT2D eigenvalue weighted by atomic mass is 79.9. The van der Waals surface area contributed by atoms with Crippen LogP contribution in [0.1, 0.15) is 18.1 Å². The second-order valence-electron chi connectivity index (χ2n) is 7.33. The first-order chi connectivity index (χ1) is 16.7. The smallest absolute Gasteiger partial charge is 0.214 e. The zero-order valence-electron chi connectivity index (χ0n) is 18.9. The van der Waals surface area contributed by atoms with E-state index in [0.717, 1.165) is 50.2 Å². The van der Waals surface area contributed by atoms with Crippen LogP contribution in [-0.4, -0.2) is 39.1 Å². The number of nitrogens with one attached hydrogen (secondary N) is 1. The van der Waals surface area contributed by atoms with E-state index in [1.165, 1.54) is 0 Å². The van der Waals surface area contributed by atoms with E-state index in [1.54, 1.807) is 16.4 Å². The van der Waals surface area contributed by atoms with Crippen LogP contribution in [0.2, 0.25) is 0 Å². The van der Waals surface area contributed by atoms with Crippen molar-refractivity contribution < 1.29 is 9.47 Å². The summed E-state index contributed by atoms with van der Waals surface area (Å²) in [6.07, 6.45) is 0. The maximum Gasteiger partial charge on any atom is 0.214 e. The molecular weight excluding hydrogens is 514 g/mol. The van der Waals surface area contributed by atoms with Gasteiger partial charge in [0.2, 0.25) is 5.16 Å². The molecule has 4 aromatic rings. The fraction of sp³-hybridized carbons (Fsp3) is 0.240. The molecule has 0 unspecified atom stereocenters. The molecule has 0 aliphatic heterocycles. The topological polar surface area (TPSA) is 74.1 Å². The lowest BCUT2D eigenvalue weighted by Gasteiger charge is -2.15. The Bertz CT molecular complexity index is 1170. The van der Waals surface area contributed by atoms with Crippen molar-refractivity contribution >= 4 is 27.7 Å². The number of ether oxygens (including phenoxy) is 2. The van der Waals surface area contributed by atoms with Crippen LogP contribution in [0.4, 0.5) is 0 Å². The molecule has 1 N–H and O–H groups in total. The number of rotatable bonds is 12. The molecule has 0 aliphatic rings. The van der Waals surface area contributed by atoms with Gasteiger partial charge in [-0.1, -0.05) is 76.2 Å². The standard InChI is InChI=1S/C25H26BrN5O2S/c1-2-32-23-15-20(22(26)16-24(23)33-18-19-9-5-3-6-10-19)17-27-13-14-34-25-28-29-30-31(25)21-11-7-4-8-12-21/h3-12,15-16,27H,2,13-14,17-18H2,1H3. The summed E-state index contributed by atoms with van der Waals surface area (Å²) >= 11 is 5.30. The Kier molecular flexibility index (Phi) is 8.95. The Morgan fingerprint density at radius 2 is 1.71 bits per heavy atom. The summed E-state index contributed by atoms with van der Waals surface area (Å²) in [6, 6.07) is 24.0. The first-order valence-electron chi connectivity index (χ1n) is 11.0. The van der Waals surface area contributed by atoms with Crippen LogP contribution < -0.4 is 14.8 Å². The number of benzene rings is 3. The summed E-state index contributed by atoms with van der Waals surface area (Å²) in [6.45, 7) is 4.54. The predicted molar refractivity (Wildman–Crippen MR) is 138 cm³/mol. The van der Waals surface area contributed by atoms with Crippen molar-refractivity contribution in [2.75, 3.05) is 18.9 Å². The molecule has 0 spiro atoms. The summed E-state index contributed by atoms with van der Waals surface area (Å²) < 4.78 is 14.6. The van der Waals surface area contributed by atoms with Crippen LogP contribution in [0.15, 0.2) is 82.4 Å². The molecule has 4 rings (SSSR count). The van der Waals surface area contributed by atoms with Gasteiger partial charge in [-0.2, -0.15) is 4.68 Å². The van der Waals surface area contributed by atoms with Gasteiger partial charge in [0.15, 0.2) is 11.5 Å². The third-order valence-electron chi connectivity index (χ3n) is 4.92. The molecule has 0 radical (unpaired) electrons. The highest BCUT2D eigenvalue weighted by Gasteiger charge is 2.12. The molecular formula is C25H26BrN5O2S. The quantitative estimate of drug-likeness (QED) is 0.194. The van der Waals surface area contributed by atoms with Gasteiger partial charge in [-0.3, -0.25) is 0 Å². The van der Waals surface area contributed by atoms with Crippen LogP contribution in [-0.2, 0) is 13.2 Å². The first kappa shape index (κ1) is 24.3. The minimum atomic E-state index is 0.491. The van der Waals surface area contributed by atoms with Crippen LogP contribution in [0, 0.1) is 0 Å². The minimum absolute atomic E-state index is 0.491. The number of tetrazole rings is 1. The van der Waals surface area contributed by atoms with Crippen LogP contribution in [0.25, 0.3) is 5.69 Å². The Labute approximate surface area is 212 Å². The monoisotopic (exact) mass is 539 g/mol. The molecule has 1 heterocycles. The highest BCUT2D eigenvalue weighted by Crippen LogP contribution is 2.34. The molecule has 3 aromatic carbocycles. The SMILES string of the molecule is CCOc1cc(CNCCSc2nnnn2-c2ccccc2)c(Br)cc1OCc1ccccc1. The second-order valence-corrected chi connectivity index (χ2v) is 9.25. The normalized spacial score (nSPS) is 10.9. The third kappa shape index (κ3) is 6.59. The van der Waals surface area contributed by atoms with Crippen LogP contribution in [0.5, 0.6) is 11.5 Å². The average Bonchev–Trinajstić information content (AvgIpc) is 3.34. The molecule has 7 nitrogen and oxygen atoms in total. The summed E-state index contributed by atoms with van der Waals surface area (Å²) in [5.41, 5.74) is 3.17. The largest absolute Gasteiger partial charge is 0.490 e. The molecule has 0 fully saturated rings. The van der Waals surface area contributed by atoms with Crippen molar-refractivity contribution in [3.8, 4) is 17.2 Å². The van der Waals surface area contributed by atoms with Gasteiger partial charge < -0.3 is 14.8 Å². The van der Waals surface area contributed by atoms with E-state index < -0.39 is 0 Å². The number of hydrogen-bond acceptors (Lipinski definition) is 7. The molecule has 9 heteroatoms. The maximum absolute atomic E-state index is 6.04. The summed E-state index contributed by atoms with van der Waals surface area (Å²) in [5, 5.41) is 16.3. The zero-order valence-corrected chi connectivity index (χ0v) is 21.3. The van der Waals surface area contributed by atoms with E-state index >= 15 is 0 Å². The third-order valence-corrected chi connectivity index (χ3v) is 6.58. The lowest BCUT2D eigenvalue weighted by molar-refractivity contribution is 0.269. The van der Waals surface area contributed by atoms with Gasteiger partial charge in [0.1, 0.15) is 6.61 Å². The van der Waals surface area contributed by atoms with Gasteiger partial charge in [0.25, 0.3) is 0 Å².